The Morgan fingerprint density at radius 1 is 1.29 bits per heavy atom. The molecule has 1 unspecified atom stereocenters. The van der Waals surface area contributed by atoms with E-state index in [2.05, 4.69) is 0 Å². The highest BCUT2D eigenvalue weighted by Gasteiger charge is 2.66. The highest BCUT2D eigenvalue weighted by molar-refractivity contribution is 5.91. The normalized spacial score (nSPS) is 27.4. The van der Waals surface area contributed by atoms with Crippen molar-refractivity contribution in [2.45, 2.75) is 47.1 Å². The SMILES string of the molecule is CCC(C)N(CC)C(=O)[C@H]1[C@@H](C(=O)O)C1(C)C. The Kier molecular flexibility index (Phi) is 3.84. The van der Waals surface area contributed by atoms with E-state index in [0.717, 1.165) is 6.42 Å². The fraction of sp³-hybridized carbons (Fsp3) is 0.846. The van der Waals surface area contributed by atoms with Crippen molar-refractivity contribution in [3.63, 3.8) is 0 Å². The van der Waals surface area contributed by atoms with E-state index in [1.165, 1.54) is 0 Å². The number of hydrogen-bond donors (Lipinski definition) is 1. The average Bonchev–Trinajstić information content (AvgIpc) is 2.82. The number of aliphatic carboxylic acids is 1. The van der Waals surface area contributed by atoms with Crippen LogP contribution in [0.15, 0.2) is 0 Å². The molecule has 0 aliphatic heterocycles. The molecule has 1 aliphatic rings. The van der Waals surface area contributed by atoms with Crippen molar-refractivity contribution in [2.24, 2.45) is 17.3 Å². The second-order valence-corrected chi connectivity index (χ2v) is 5.50. The Labute approximate surface area is 103 Å². The summed E-state index contributed by atoms with van der Waals surface area (Å²) in [7, 11) is 0. The van der Waals surface area contributed by atoms with Gasteiger partial charge in [0.1, 0.15) is 0 Å². The highest BCUT2D eigenvalue weighted by Crippen LogP contribution is 2.59. The molecule has 0 saturated heterocycles. The van der Waals surface area contributed by atoms with Crippen molar-refractivity contribution >= 4 is 11.9 Å². The molecule has 17 heavy (non-hydrogen) atoms. The molecule has 4 heteroatoms. The van der Waals surface area contributed by atoms with Crippen LogP contribution >= 0.6 is 0 Å². The van der Waals surface area contributed by atoms with Crippen LogP contribution in [-0.4, -0.2) is 34.5 Å². The van der Waals surface area contributed by atoms with Crippen LogP contribution < -0.4 is 0 Å². The number of rotatable bonds is 5. The highest BCUT2D eigenvalue weighted by atomic mass is 16.4. The maximum Gasteiger partial charge on any atom is 0.307 e. The predicted octanol–water partition coefficient (Wildman–Crippen LogP) is 1.99. The molecular weight excluding hydrogens is 218 g/mol. The van der Waals surface area contributed by atoms with Crippen LogP contribution in [0.2, 0.25) is 0 Å². The predicted molar refractivity (Wildman–Crippen MR) is 65.5 cm³/mol. The lowest BCUT2D eigenvalue weighted by Gasteiger charge is -2.28. The van der Waals surface area contributed by atoms with Crippen molar-refractivity contribution < 1.29 is 14.7 Å². The smallest absolute Gasteiger partial charge is 0.307 e. The van der Waals surface area contributed by atoms with Crippen molar-refractivity contribution in [2.75, 3.05) is 6.54 Å². The van der Waals surface area contributed by atoms with Gasteiger partial charge in [0.15, 0.2) is 0 Å². The number of carboxylic acid groups (broad SMARTS) is 1. The van der Waals surface area contributed by atoms with Crippen molar-refractivity contribution in [1.82, 2.24) is 4.90 Å². The standard InChI is InChI=1S/C13H23NO3/c1-6-8(3)14(7-2)11(15)9-10(12(16)17)13(9,4)5/h8-10H,6-7H2,1-5H3,(H,16,17)/t8?,9-,10+/m1/s1. The van der Waals surface area contributed by atoms with E-state index in [0.29, 0.717) is 6.54 Å². The number of carbonyl (C=O) groups is 2. The van der Waals surface area contributed by atoms with Gasteiger partial charge in [0.25, 0.3) is 0 Å². The molecule has 0 spiro atoms. The summed E-state index contributed by atoms with van der Waals surface area (Å²) < 4.78 is 0. The second kappa shape index (κ2) is 4.67. The molecule has 1 N–H and O–H groups in total. The number of nitrogens with zero attached hydrogens (tertiary/aromatic N) is 1. The van der Waals surface area contributed by atoms with E-state index < -0.39 is 17.3 Å². The zero-order valence-electron chi connectivity index (χ0n) is 11.4. The monoisotopic (exact) mass is 241 g/mol. The number of carbonyl (C=O) groups excluding carboxylic acids is 1. The molecule has 1 saturated carbocycles. The number of amides is 1. The third-order valence-corrected chi connectivity index (χ3v) is 4.11. The van der Waals surface area contributed by atoms with E-state index in [4.69, 9.17) is 5.11 Å². The van der Waals surface area contributed by atoms with Crippen LogP contribution in [0.3, 0.4) is 0 Å². The molecule has 1 amide bonds. The molecule has 0 aromatic carbocycles. The van der Waals surface area contributed by atoms with E-state index in [1.807, 2.05) is 34.6 Å². The lowest BCUT2D eigenvalue weighted by Crippen LogP contribution is -2.40. The third-order valence-electron chi connectivity index (χ3n) is 4.11. The van der Waals surface area contributed by atoms with E-state index in [-0.39, 0.29) is 17.9 Å². The molecule has 0 aromatic rings. The summed E-state index contributed by atoms with van der Waals surface area (Å²) in [4.78, 5) is 25.2. The Bertz CT molecular complexity index is 325. The van der Waals surface area contributed by atoms with Crippen LogP contribution in [0.4, 0.5) is 0 Å². The summed E-state index contributed by atoms with van der Waals surface area (Å²) in [6.07, 6.45) is 0.893. The van der Waals surface area contributed by atoms with Gasteiger partial charge in [0.05, 0.1) is 11.8 Å². The van der Waals surface area contributed by atoms with Crippen LogP contribution in [0.1, 0.15) is 41.0 Å². The molecule has 0 heterocycles. The Balaban J connectivity index is 2.81. The summed E-state index contributed by atoms with van der Waals surface area (Å²) in [5.74, 6) is -1.73. The molecule has 0 aromatic heterocycles. The molecule has 3 atom stereocenters. The van der Waals surface area contributed by atoms with E-state index in [9.17, 15) is 9.59 Å². The molecule has 1 fully saturated rings. The molecule has 0 bridgehead atoms. The number of carboxylic acids is 1. The fourth-order valence-electron chi connectivity index (χ4n) is 2.64. The van der Waals surface area contributed by atoms with Crippen LogP contribution in [0, 0.1) is 17.3 Å². The minimum atomic E-state index is -0.853. The van der Waals surface area contributed by atoms with E-state index >= 15 is 0 Å². The summed E-state index contributed by atoms with van der Waals surface area (Å²) >= 11 is 0. The maximum atomic E-state index is 12.3. The Hall–Kier alpha value is -1.06. The second-order valence-electron chi connectivity index (χ2n) is 5.50. The van der Waals surface area contributed by atoms with Gasteiger partial charge in [-0.05, 0) is 25.7 Å². The summed E-state index contributed by atoms with van der Waals surface area (Å²) in [5, 5.41) is 9.09. The van der Waals surface area contributed by atoms with Gasteiger partial charge in [-0.25, -0.2) is 0 Å². The molecule has 0 radical (unpaired) electrons. The molecule has 4 nitrogen and oxygen atoms in total. The lowest BCUT2D eigenvalue weighted by molar-refractivity contribution is -0.142. The Morgan fingerprint density at radius 2 is 1.82 bits per heavy atom. The van der Waals surface area contributed by atoms with Gasteiger partial charge in [-0.15, -0.1) is 0 Å². The van der Waals surface area contributed by atoms with Gasteiger partial charge in [-0.2, -0.15) is 0 Å². The van der Waals surface area contributed by atoms with Gasteiger partial charge in [0, 0.05) is 12.6 Å². The van der Waals surface area contributed by atoms with E-state index in [1.54, 1.807) is 4.90 Å². The maximum absolute atomic E-state index is 12.3. The van der Waals surface area contributed by atoms with Gasteiger partial charge in [-0.3, -0.25) is 9.59 Å². The Morgan fingerprint density at radius 3 is 2.12 bits per heavy atom. The van der Waals surface area contributed by atoms with Crippen molar-refractivity contribution in [1.29, 1.82) is 0 Å². The van der Waals surface area contributed by atoms with Crippen molar-refractivity contribution in [3.8, 4) is 0 Å². The molecule has 98 valence electrons. The summed E-state index contributed by atoms with van der Waals surface area (Å²) in [6.45, 7) is 10.3. The minimum Gasteiger partial charge on any atom is -0.481 e. The van der Waals surface area contributed by atoms with Crippen molar-refractivity contribution in [3.05, 3.63) is 0 Å². The summed E-state index contributed by atoms with van der Waals surface area (Å²) in [5.41, 5.74) is -0.399. The molecule has 1 aliphatic carbocycles. The zero-order valence-corrected chi connectivity index (χ0v) is 11.4. The van der Waals surface area contributed by atoms with Gasteiger partial charge in [-0.1, -0.05) is 20.8 Å². The largest absolute Gasteiger partial charge is 0.481 e. The van der Waals surface area contributed by atoms with Gasteiger partial charge in [0.2, 0.25) is 5.91 Å². The topological polar surface area (TPSA) is 57.6 Å². The van der Waals surface area contributed by atoms with Crippen LogP contribution in [0.5, 0.6) is 0 Å². The average molecular weight is 241 g/mol. The van der Waals surface area contributed by atoms with Gasteiger partial charge < -0.3 is 10.0 Å². The minimum absolute atomic E-state index is 0.000694. The molecular formula is C13H23NO3. The van der Waals surface area contributed by atoms with Gasteiger partial charge >= 0.3 is 5.97 Å². The van der Waals surface area contributed by atoms with Crippen LogP contribution in [0.25, 0.3) is 0 Å². The zero-order chi connectivity index (χ0) is 13.4. The van der Waals surface area contributed by atoms with Crippen LogP contribution in [-0.2, 0) is 9.59 Å². The first-order chi connectivity index (χ1) is 7.78. The fourth-order valence-corrected chi connectivity index (χ4v) is 2.64. The first-order valence-corrected chi connectivity index (χ1v) is 6.32. The lowest BCUT2D eigenvalue weighted by atomic mass is 10.1. The first kappa shape index (κ1) is 14.0. The molecule has 1 rings (SSSR count). The first-order valence-electron chi connectivity index (χ1n) is 6.32. The quantitative estimate of drug-likeness (QED) is 0.800. The summed E-state index contributed by atoms with van der Waals surface area (Å²) in [6, 6.07) is 0.179. The number of hydrogen-bond acceptors (Lipinski definition) is 2. The third kappa shape index (κ3) is 2.31.